The molecule has 0 aliphatic rings. The number of aromatic nitrogens is 3. The normalized spacial score (nSPS) is 12.5. The van der Waals surface area contributed by atoms with E-state index in [-0.39, 0.29) is 17.0 Å². The van der Waals surface area contributed by atoms with Crippen LogP contribution in [-0.4, -0.2) is 20.7 Å². The van der Waals surface area contributed by atoms with Crippen molar-refractivity contribution in [1.29, 1.82) is 0 Å². The summed E-state index contributed by atoms with van der Waals surface area (Å²) in [5.41, 5.74) is 1.87. The monoisotopic (exact) mass is 348 g/mol. The lowest BCUT2D eigenvalue weighted by atomic mass is 10.1. The minimum Gasteiger partial charge on any atom is -0.350 e. The quantitative estimate of drug-likeness (QED) is 0.733. The van der Waals surface area contributed by atoms with Crippen molar-refractivity contribution in [2.45, 2.75) is 25.8 Å². The van der Waals surface area contributed by atoms with Crippen molar-refractivity contribution in [2.24, 2.45) is 7.05 Å². The minimum atomic E-state index is -0.516. The molecule has 1 unspecified atom stereocenters. The van der Waals surface area contributed by atoms with Gasteiger partial charge in [0.2, 0.25) is 0 Å². The molecule has 3 rings (SSSR count). The summed E-state index contributed by atoms with van der Waals surface area (Å²) in [7, 11) is 1.84. The molecular weight excluding hydrogens is 331 g/mol. The Kier molecular flexibility index (Phi) is 4.57. The van der Waals surface area contributed by atoms with Gasteiger partial charge in [-0.15, -0.1) is 0 Å². The van der Waals surface area contributed by atoms with E-state index in [1.807, 2.05) is 13.2 Å². The third kappa shape index (κ3) is 3.28. The predicted octanol–water partition coefficient (Wildman–Crippen LogP) is 3.97. The minimum absolute atomic E-state index is 0.0349. The SMILES string of the molecule is CCCC(NC(=O)c1cc2cc(Cl)c(F)cc2[nH]1)c1cnn(C)c1. The van der Waals surface area contributed by atoms with Gasteiger partial charge in [-0.25, -0.2) is 4.39 Å². The summed E-state index contributed by atoms with van der Waals surface area (Å²) >= 11 is 5.79. The number of halogens is 2. The summed E-state index contributed by atoms with van der Waals surface area (Å²) in [6, 6.07) is 4.34. The Bertz CT molecular complexity index is 847. The van der Waals surface area contributed by atoms with Gasteiger partial charge in [0.05, 0.1) is 17.3 Å². The summed E-state index contributed by atoms with van der Waals surface area (Å²) in [6.07, 6.45) is 5.37. The molecular formula is C17H18ClFN4O. The second kappa shape index (κ2) is 6.65. The maximum Gasteiger partial charge on any atom is 0.268 e. The van der Waals surface area contributed by atoms with Crippen LogP contribution in [0, 0.1) is 5.82 Å². The summed E-state index contributed by atoms with van der Waals surface area (Å²) in [6.45, 7) is 2.06. The molecule has 5 nitrogen and oxygen atoms in total. The van der Waals surface area contributed by atoms with Gasteiger partial charge >= 0.3 is 0 Å². The number of nitrogens with zero attached hydrogens (tertiary/aromatic N) is 2. The molecule has 0 saturated carbocycles. The highest BCUT2D eigenvalue weighted by atomic mass is 35.5. The Hall–Kier alpha value is -2.34. The van der Waals surface area contributed by atoms with Gasteiger partial charge < -0.3 is 10.3 Å². The van der Waals surface area contributed by atoms with Crippen LogP contribution in [0.2, 0.25) is 5.02 Å². The molecule has 1 aromatic carbocycles. The van der Waals surface area contributed by atoms with Gasteiger partial charge in [0.15, 0.2) is 0 Å². The van der Waals surface area contributed by atoms with Crippen LogP contribution in [0.15, 0.2) is 30.6 Å². The van der Waals surface area contributed by atoms with Gasteiger partial charge in [0.25, 0.3) is 5.91 Å². The fourth-order valence-electron chi connectivity index (χ4n) is 2.72. The van der Waals surface area contributed by atoms with Crippen LogP contribution in [0.5, 0.6) is 0 Å². The highest BCUT2D eigenvalue weighted by molar-refractivity contribution is 6.31. The second-order valence-electron chi connectivity index (χ2n) is 5.80. The molecule has 2 N–H and O–H groups in total. The summed E-state index contributed by atoms with van der Waals surface area (Å²) in [4.78, 5) is 15.5. The van der Waals surface area contributed by atoms with E-state index < -0.39 is 5.82 Å². The maximum atomic E-state index is 13.5. The summed E-state index contributed by atoms with van der Waals surface area (Å²) in [5.74, 6) is -0.762. The van der Waals surface area contributed by atoms with E-state index in [1.54, 1.807) is 16.9 Å². The Balaban J connectivity index is 1.84. The molecule has 2 aromatic heterocycles. The van der Waals surface area contributed by atoms with Gasteiger partial charge in [0, 0.05) is 29.7 Å². The van der Waals surface area contributed by atoms with Crippen molar-refractivity contribution in [3.63, 3.8) is 0 Å². The van der Waals surface area contributed by atoms with Crippen molar-refractivity contribution in [1.82, 2.24) is 20.1 Å². The van der Waals surface area contributed by atoms with Crippen molar-refractivity contribution < 1.29 is 9.18 Å². The molecule has 0 spiro atoms. The number of rotatable bonds is 5. The highest BCUT2D eigenvalue weighted by Gasteiger charge is 2.18. The number of fused-ring (bicyclic) bond motifs is 1. The van der Waals surface area contributed by atoms with Gasteiger partial charge in [-0.2, -0.15) is 5.10 Å². The fourth-order valence-corrected chi connectivity index (χ4v) is 2.89. The molecule has 0 aliphatic carbocycles. The number of hydrogen-bond acceptors (Lipinski definition) is 2. The van der Waals surface area contributed by atoms with Crippen LogP contribution < -0.4 is 5.32 Å². The van der Waals surface area contributed by atoms with Crippen LogP contribution in [0.3, 0.4) is 0 Å². The van der Waals surface area contributed by atoms with Gasteiger partial charge in [-0.1, -0.05) is 24.9 Å². The molecule has 126 valence electrons. The number of carbonyl (C=O) groups is 1. The van der Waals surface area contributed by atoms with Crippen LogP contribution >= 0.6 is 11.6 Å². The van der Waals surface area contributed by atoms with Crippen LogP contribution in [0.4, 0.5) is 4.39 Å². The smallest absolute Gasteiger partial charge is 0.268 e. The van der Waals surface area contributed by atoms with Crippen molar-refractivity contribution in [3.8, 4) is 0 Å². The van der Waals surface area contributed by atoms with Crippen molar-refractivity contribution >= 4 is 28.4 Å². The van der Waals surface area contributed by atoms with Gasteiger partial charge in [0.1, 0.15) is 11.5 Å². The first kappa shape index (κ1) is 16.5. The second-order valence-corrected chi connectivity index (χ2v) is 6.21. The first-order chi connectivity index (χ1) is 11.5. The third-order valence-corrected chi connectivity index (χ3v) is 4.21. The highest BCUT2D eigenvalue weighted by Crippen LogP contribution is 2.24. The topological polar surface area (TPSA) is 62.7 Å². The molecule has 0 saturated heterocycles. The number of benzene rings is 1. The van der Waals surface area contributed by atoms with Crippen LogP contribution in [-0.2, 0) is 7.05 Å². The number of aryl methyl sites for hydroxylation is 1. The number of aromatic amines is 1. The number of hydrogen-bond donors (Lipinski definition) is 2. The van der Waals surface area contributed by atoms with Gasteiger partial charge in [-0.3, -0.25) is 9.48 Å². The maximum absolute atomic E-state index is 13.5. The van der Waals surface area contributed by atoms with Crippen LogP contribution in [0.25, 0.3) is 10.9 Å². The molecule has 24 heavy (non-hydrogen) atoms. The average Bonchev–Trinajstić information content (AvgIpc) is 3.13. The molecule has 0 radical (unpaired) electrons. The standard InChI is InChI=1S/C17H18ClFN4O/c1-3-4-14(11-8-20-23(2)9-11)22-17(24)16-6-10-5-12(18)13(19)7-15(10)21-16/h5-9,14,21H,3-4H2,1-2H3,(H,22,24). The number of amides is 1. The van der Waals surface area contributed by atoms with Crippen molar-refractivity contribution in [3.05, 3.63) is 52.7 Å². The number of nitrogens with one attached hydrogen (secondary N) is 2. The van der Waals surface area contributed by atoms with E-state index in [4.69, 9.17) is 11.6 Å². The Labute approximate surface area is 143 Å². The van der Waals surface area contributed by atoms with E-state index in [0.717, 1.165) is 18.4 Å². The number of carbonyl (C=O) groups excluding carboxylic acids is 1. The zero-order chi connectivity index (χ0) is 17.3. The molecule has 0 fully saturated rings. The first-order valence-corrected chi connectivity index (χ1v) is 8.13. The number of H-pyrrole nitrogens is 1. The Morgan fingerprint density at radius 1 is 1.46 bits per heavy atom. The lowest BCUT2D eigenvalue weighted by Crippen LogP contribution is -2.28. The zero-order valence-electron chi connectivity index (χ0n) is 13.4. The zero-order valence-corrected chi connectivity index (χ0v) is 14.2. The fraction of sp³-hybridized carbons (Fsp3) is 0.294. The molecule has 3 aromatic rings. The predicted molar refractivity (Wildman–Crippen MR) is 91.6 cm³/mol. The van der Waals surface area contributed by atoms with E-state index in [0.29, 0.717) is 16.6 Å². The molecule has 1 atom stereocenters. The lowest BCUT2D eigenvalue weighted by Gasteiger charge is -2.16. The van der Waals surface area contributed by atoms with Crippen molar-refractivity contribution in [2.75, 3.05) is 0 Å². The Morgan fingerprint density at radius 3 is 2.92 bits per heavy atom. The average molecular weight is 349 g/mol. The Morgan fingerprint density at radius 2 is 2.25 bits per heavy atom. The van der Waals surface area contributed by atoms with E-state index >= 15 is 0 Å². The molecule has 0 aliphatic heterocycles. The van der Waals surface area contributed by atoms with E-state index in [2.05, 4.69) is 22.3 Å². The van der Waals surface area contributed by atoms with Crippen LogP contribution in [0.1, 0.15) is 41.9 Å². The molecule has 7 heteroatoms. The van der Waals surface area contributed by atoms with E-state index in [9.17, 15) is 9.18 Å². The largest absolute Gasteiger partial charge is 0.350 e. The molecule has 0 bridgehead atoms. The first-order valence-electron chi connectivity index (χ1n) is 7.75. The third-order valence-electron chi connectivity index (χ3n) is 3.92. The summed E-state index contributed by atoms with van der Waals surface area (Å²) < 4.78 is 15.2. The molecule has 1 amide bonds. The van der Waals surface area contributed by atoms with E-state index in [1.165, 1.54) is 12.1 Å². The molecule has 2 heterocycles. The summed E-state index contributed by atoms with van der Waals surface area (Å²) in [5, 5.41) is 7.89. The van der Waals surface area contributed by atoms with Gasteiger partial charge in [-0.05, 0) is 24.6 Å². The lowest BCUT2D eigenvalue weighted by molar-refractivity contribution is 0.0930.